The van der Waals surface area contributed by atoms with Gasteiger partial charge >= 0.3 is 0 Å². The molecule has 8 heteroatoms. The minimum Gasteiger partial charge on any atom is -0.491 e. The van der Waals surface area contributed by atoms with Crippen LogP contribution in [0.25, 0.3) is 0 Å². The van der Waals surface area contributed by atoms with Crippen molar-refractivity contribution in [1.82, 2.24) is 5.32 Å². The first-order valence-electron chi connectivity index (χ1n) is 9.66. The maximum absolute atomic E-state index is 12.7. The molecule has 6 nitrogen and oxygen atoms in total. The highest BCUT2D eigenvalue weighted by molar-refractivity contribution is 7.92. The van der Waals surface area contributed by atoms with E-state index in [1.165, 1.54) is 30.3 Å². The normalized spacial score (nSPS) is 11.2. The summed E-state index contributed by atoms with van der Waals surface area (Å²) in [5.41, 5.74) is 1.28. The van der Waals surface area contributed by atoms with Gasteiger partial charge in [0, 0.05) is 12.2 Å². The largest absolute Gasteiger partial charge is 0.491 e. The molecule has 2 N–H and O–H groups in total. The summed E-state index contributed by atoms with van der Waals surface area (Å²) in [6.45, 7) is 4.15. The van der Waals surface area contributed by atoms with Crippen molar-refractivity contribution in [2.24, 2.45) is 0 Å². The molecular weight excluding hydrogens is 436 g/mol. The molecule has 0 aromatic heterocycles. The molecule has 0 unspecified atom stereocenters. The topological polar surface area (TPSA) is 84.5 Å². The van der Waals surface area contributed by atoms with Crippen LogP contribution in [0.3, 0.4) is 0 Å². The Morgan fingerprint density at radius 1 is 1.00 bits per heavy atom. The van der Waals surface area contributed by atoms with E-state index in [0.29, 0.717) is 0 Å². The predicted octanol–water partition coefficient (Wildman–Crippen LogP) is 4.86. The fraction of sp³-hybridized carbons (Fsp3) is 0.174. The van der Waals surface area contributed by atoms with Gasteiger partial charge in [0.15, 0.2) is 0 Å². The number of benzene rings is 3. The maximum Gasteiger partial charge on any atom is 0.261 e. The number of carbonyl (C=O) groups excluding carboxylic acids is 1. The van der Waals surface area contributed by atoms with Gasteiger partial charge in [0.1, 0.15) is 5.75 Å². The van der Waals surface area contributed by atoms with Crippen molar-refractivity contribution in [3.63, 3.8) is 0 Å². The van der Waals surface area contributed by atoms with Gasteiger partial charge in [0.25, 0.3) is 15.9 Å². The molecule has 31 heavy (non-hydrogen) atoms. The minimum absolute atomic E-state index is 0.0473. The third kappa shape index (κ3) is 6.23. The Morgan fingerprint density at radius 2 is 1.74 bits per heavy atom. The van der Waals surface area contributed by atoms with E-state index in [1.807, 2.05) is 38.1 Å². The first kappa shape index (κ1) is 22.7. The summed E-state index contributed by atoms with van der Waals surface area (Å²) >= 11 is 6.19. The Balaban J connectivity index is 1.72. The molecule has 0 radical (unpaired) electrons. The van der Waals surface area contributed by atoms with Crippen LogP contribution in [0.15, 0.2) is 77.7 Å². The highest BCUT2D eigenvalue weighted by Crippen LogP contribution is 2.23. The van der Waals surface area contributed by atoms with Gasteiger partial charge in [-0.05, 0) is 61.9 Å². The molecule has 3 rings (SSSR count). The molecule has 0 fully saturated rings. The van der Waals surface area contributed by atoms with Crippen LogP contribution in [0.4, 0.5) is 5.69 Å². The van der Waals surface area contributed by atoms with Crippen molar-refractivity contribution in [3.8, 4) is 5.75 Å². The van der Waals surface area contributed by atoms with Crippen molar-refractivity contribution in [2.45, 2.75) is 31.4 Å². The molecule has 0 saturated carbocycles. The van der Waals surface area contributed by atoms with E-state index in [9.17, 15) is 13.2 Å². The van der Waals surface area contributed by atoms with Crippen molar-refractivity contribution < 1.29 is 17.9 Å². The third-order valence-corrected chi connectivity index (χ3v) is 5.97. The lowest BCUT2D eigenvalue weighted by atomic mass is 10.1. The lowest BCUT2D eigenvalue weighted by molar-refractivity contribution is 0.0951. The number of hydrogen-bond donors (Lipinski definition) is 2. The second-order valence-electron chi connectivity index (χ2n) is 7.11. The molecule has 0 aliphatic rings. The number of sulfonamides is 1. The number of hydrogen-bond acceptors (Lipinski definition) is 4. The fourth-order valence-electron chi connectivity index (χ4n) is 2.85. The number of ether oxygens (including phenoxy) is 1. The molecule has 0 heterocycles. The van der Waals surface area contributed by atoms with Crippen molar-refractivity contribution in [2.75, 3.05) is 4.72 Å². The summed E-state index contributed by atoms with van der Waals surface area (Å²) < 4.78 is 33.2. The summed E-state index contributed by atoms with van der Waals surface area (Å²) in [4.78, 5) is 12.8. The molecular formula is C23H23ClN2O4S. The second-order valence-corrected chi connectivity index (χ2v) is 9.20. The van der Waals surface area contributed by atoms with E-state index in [1.54, 1.807) is 18.2 Å². The average molecular weight is 459 g/mol. The Morgan fingerprint density at radius 3 is 2.45 bits per heavy atom. The molecule has 0 aliphatic heterocycles. The molecule has 0 aliphatic carbocycles. The smallest absolute Gasteiger partial charge is 0.261 e. The van der Waals surface area contributed by atoms with Gasteiger partial charge in [0.05, 0.1) is 21.6 Å². The van der Waals surface area contributed by atoms with E-state index in [-0.39, 0.29) is 33.8 Å². The Kier molecular flexibility index (Phi) is 7.20. The molecule has 3 aromatic carbocycles. The van der Waals surface area contributed by atoms with E-state index < -0.39 is 15.9 Å². The van der Waals surface area contributed by atoms with Crippen LogP contribution in [0.2, 0.25) is 5.02 Å². The molecule has 0 atom stereocenters. The summed E-state index contributed by atoms with van der Waals surface area (Å²) in [6, 6.07) is 19.8. The first-order chi connectivity index (χ1) is 14.7. The van der Waals surface area contributed by atoms with Crippen LogP contribution in [0, 0.1) is 0 Å². The predicted molar refractivity (Wildman–Crippen MR) is 122 cm³/mol. The molecule has 1 amide bonds. The van der Waals surface area contributed by atoms with Crippen LogP contribution in [-0.4, -0.2) is 20.4 Å². The maximum atomic E-state index is 12.7. The molecule has 3 aromatic rings. The molecule has 0 spiro atoms. The van der Waals surface area contributed by atoms with Gasteiger partial charge in [-0.2, -0.15) is 0 Å². The van der Waals surface area contributed by atoms with Crippen LogP contribution in [0.5, 0.6) is 5.75 Å². The van der Waals surface area contributed by atoms with Crippen LogP contribution in [0.1, 0.15) is 29.8 Å². The van der Waals surface area contributed by atoms with Crippen molar-refractivity contribution in [3.05, 3.63) is 88.9 Å². The highest BCUT2D eigenvalue weighted by Gasteiger charge is 2.16. The molecule has 0 bridgehead atoms. The van der Waals surface area contributed by atoms with Gasteiger partial charge in [-0.25, -0.2) is 8.42 Å². The minimum atomic E-state index is -3.78. The second kappa shape index (κ2) is 9.85. The average Bonchev–Trinajstić information content (AvgIpc) is 2.73. The van der Waals surface area contributed by atoms with Crippen LogP contribution < -0.4 is 14.8 Å². The monoisotopic (exact) mass is 458 g/mol. The Hall–Kier alpha value is -3.03. The van der Waals surface area contributed by atoms with Gasteiger partial charge in [0.2, 0.25) is 0 Å². The number of nitrogens with one attached hydrogen (secondary N) is 2. The fourth-order valence-corrected chi connectivity index (χ4v) is 4.13. The summed E-state index contributed by atoms with van der Waals surface area (Å²) in [6.07, 6.45) is 0.0473. The van der Waals surface area contributed by atoms with Gasteiger partial charge in [-0.3, -0.25) is 9.52 Å². The van der Waals surface area contributed by atoms with E-state index in [2.05, 4.69) is 10.0 Å². The number of rotatable bonds is 8. The van der Waals surface area contributed by atoms with E-state index >= 15 is 0 Å². The summed E-state index contributed by atoms with van der Waals surface area (Å²) in [5.74, 6) is 0.304. The lowest BCUT2D eigenvalue weighted by Gasteiger charge is -2.13. The number of anilines is 1. The Bertz CT molecular complexity index is 1170. The van der Waals surface area contributed by atoms with Crippen LogP contribution >= 0.6 is 11.6 Å². The van der Waals surface area contributed by atoms with Crippen LogP contribution in [-0.2, 0) is 16.6 Å². The Labute approximate surface area is 187 Å². The zero-order valence-electron chi connectivity index (χ0n) is 17.1. The van der Waals surface area contributed by atoms with Crippen molar-refractivity contribution >= 4 is 33.2 Å². The summed E-state index contributed by atoms with van der Waals surface area (Å²) in [5, 5.41) is 3.02. The van der Waals surface area contributed by atoms with E-state index in [0.717, 1.165) is 11.3 Å². The zero-order chi connectivity index (χ0) is 22.4. The van der Waals surface area contributed by atoms with Gasteiger partial charge in [-0.15, -0.1) is 0 Å². The zero-order valence-corrected chi connectivity index (χ0v) is 18.7. The number of halogens is 1. The third-order valence-electron chi connectivity index (χ3n) is 4.24. The molecule has 0 saturated heterocycles. The standard InChI is InChI=1S/C23H23ClN2O4S/c1-16(2)30-19-8-6-7-17(13-19)15-25-23(27)21-14-18(11-12-22(21)24)26-31(28,29)20-9-4-3-5-10-20/h3-14,16,26H,15H2,1-2H3,(H,25,27). The highest BCUT2D eigenvalue weighted by atomic mass is 35.5. The number of carbonyl (C=O) groups is 1. The number of amides is 1. The molecule has 162 valence electrons. The lowest BCUT2D eigenvalue weighted by Crippen LogP contribution is -2.23. The summed E-state index contributed by atoms with van der Waals surface area (Å²) in [7, 11) is -3.78. The van der Waals surface area contributed by atoms with Crippen molar-refractivity contribution in [1.29, 1.82) is 0 Å². The SMILES string of the molecule is CC(C)Oc1cccc(CNC(=O)c2cc(NS(=O)(=O)c3ccccc3)ccc2Cl)c1. The quantitative estimate of drug-likeness (QED) is 0.505. The van der Waals surface area contributed by atoms with Gasteiger partial charge < -0.3 is 10.1 Å². The first-order valence-corrected chi connectivity index (χ1v) is 11.5. The van der Waals surface area contributed by atoms with Gasteiger partial charge in [-0.1, -0.05) is 41.9 Å². The van der Waals surface area contributed by atoms with E-state index in [4.69, 9.17) is 16.3 Å².